The Labute approximate surface area is 91.7 Å². The molecule has 2 rings (SSSR count). The van der Waals surface area contributed by atoms with Crippen LogP contribution < -0.4 is 0 Å². The van der Waals surface area contributed by atoms with Crippen LogP contribution in [0.15, 0.2) is 35.2 Å². The highest BCUT2D eigenvalue weighted by atomic mass is 35.5. The Morgan fingerprint density at radius 3 is 2.79 bits per heavy atom. The van der Waals surface area contributed by atoms with Crippen LogP contribution in [0.3, 0.4) is 0 Å². The van der Waals surface area contributed by atoms with Gasteiger partial charge in [-0.1, -0.05) is 35.9 Å². The minimum atomic E-state index is 0.763. The summed E-state index contributed by atoms with van der Waals surface area (Å²) in [4.78, 5) is 4.15. The molecule has 0 saturated carbocycles. The highest BCUT2D eigenvalue weighted by molar-refractivity contribution is 7.07. The van der Waals surface area contributed by atoms with Crippen LogP contribution in [0.2, 0.25) is 5.02 Å². The molecule has 3 heteroatoms. The molecule has 0 aliphatic heterocycles. The maximum absolute atomic E-state index is 6.00. The van der Waals surface area contributed by atoms with Crippen molar-refractivity contribution in [2.75, 3.05) is 0 Å². The zero-order valence-corrected chi connectivity index (χ0v) is 8.92. The maximum atomic E-state index is 6.00. The van der Waals surface area contributed by atoms with Crippen molar-refractivity contribution in [1.82, 2.24) is 4.98 Å². The number of thiazole rings is 1. The van der Waals surface area contributed by atoms with E-state index in [1.54, 1.807) is 11.3 Å². The molecule has 1 aromatic heterocycles. The van der Waals surface area contributed by atoms with Crippen LogP contribution in [0.5, 0.6) is 0 Å². The molecule has 0 saturated heterocycles. The molecule has 0 N–H and O–H groups in total. The van der Waals surface area contributed by atoms with E-state index in [9.17, 15) is 0 Å². The maximum Gasteiger partial charge on any atom is 0.0798 e. The molecule has 1 aromatic carbocycles. The van der Waals surface area contributed by atoms with Gasteiger partial charge in [0.15, 0.2) is 0 Å². The number of aromatic nitrogens is 1. The first-order chi connectivity index (χ1) is 6.86. The molecule has 0 spiro atoms. The van der Waals surface area contributed by atoms with E-state index in [4.69, 9.17) is 11.6 Å². The third-order valence-corrected chi connectivity index (χ3v) is 2.74. The quantitative estimate of drug-likeness (QED) is 0.748. The van der Waals surface area contributed by atoms with Crippen LogP contribution in [-0.4, -0.2) is 4.98 Å². The summed E-state index contributed by atoms with van der Waals surface area (Å²) in [5.41, 5.74) is 3.80. The lowest BCUT2D eigenvalue weighted by atomic mass is 10.2. The van der Waals surface area contributed by atoms with Gasteiger partial charge in [-0.15, -0.1) is 11.3 Å². The first-order valence-electron chi connectivity index (χ1n) is 4.17. The lowest BCUT2D eigenvalue weighted by molar-refractivity contribution is 1.39. The van der Waals surface area contributed by atoms with Gasteiger partial charge in [0.05, 0.1) is 11.2 Å². The van der Waals surface area contributed by atoms with Crippen LogP contribution in [0.1, 0.15) is 11.3 Å². The summed E-state index contributed by atoms with van der Waals surface area (Å²) in [6.07, 6.45) is 3.93. The third-order valence-electron chi connectivity index (χ3n) is 1.79. The van der Waals surface area contributed by atoms with E-state index in [1.165, 1.54) is 0 Å². The number of rotatable bonds is 2. The SMILES string of the molecule is Clc1ccccc1/C=C\c1cscn1. The number of hydrogen-bond acceptors (Lipinski definition) is 2. The van der Waals surface area contributed by atoms with E-state index >= 15 is 0 Å². The Bertz CT molecular complexity index is 434. The van der Waals surface area contributed by atoms with Crippen molar-refractivity contribution in [3.05, 3.63) is 51.4 Å². The van der Waals surface area contributed by atoms with E-state index < -0.39 is 0 Å². The summed E-state index contributed by atoms with van der Waals surface area (Å²) in [5, 5.41) is 2.76. The minimum absolute atomic E-state index is 0.763. The Morgan fingerprint density at radius 1 is 1.21 bits per heavy atom. The molecule has 14 heavy (non-hydrogen) atoms. The highest BCUT2D eigenvalue weighted by Crippen LogP contribution is 2.17. The van der Waals surface area contributed by atoms with E-state index in [1.807, 2.05) is 47.3 Å². The Balaban J connectivity index is 2.23. The fourth-order valence-electron chi connectivity index (χ4n) is 1.09. The normalized spacial score (nSPS) is 10.9. The first-order valence-corrected chi connectivity index (χ1v) is 5.49. The topological polar surface area (TPSA) is 12.9 Å². The van der Waals surface area contributed by atoms with Gasteiger partial charge in [-0.2, -0.15) is 0 Å². The zero-order valence-electron chi connectivity index (χ0n) is 7.35. The number of halogens is 1. The van der Waals surface area contributed by atoms with Crippen LogP contribution in [0.25, 0.3) is 12.2 Å². The minimum Gasteiger partial charge on any atom is -0.245 e. The second-order valence-electron chi connectivity index (χ2n) is 2.77. The molecular weight excluding hydrogens is 214 g/mol. The van der Waals surface area contributed by atoms with Crippen LogP contribution >= 0.6 is 22.9 Å². The second-order valence-corrected chi connectivity index (χ2v) is 3.89. The molecule has 1 nitrogen and oxygen atoms in total. The van der Waals surface area contributed by atoms with Crippen LogP contribution in [-0.2, 0) is 0 Å². The van der Waals surface area contributed by atoms with Crippen molar-refractivity contribution in [2.45, 2.75) is 0 Å². The van der Waals surface area contributed by atoms with Gasteiger partial charge in [0.1, 0.15) is 0 Å². The predicted octanol–water partition coefficient (Wildman–Crippen LogP) is 3.97. The second kappa shape index (κ2) is 4.40. The molecule has 0 bridgehead atoms. The molecule has 1 heterocycles. The molecule has 0 fully saturated rings. The monoisotopic (exact) mass is 221 g/mol. The molecule has 0 aliphatic rings. The molecule has 0 unspecified atom stereocenters. The Morgan fingerprint density at radius 2 is 2.07 bits per heavy atom. The molecule has 2 aromatic rings. The van der Waals surface area contributed by atoms with Gasteiger partial charge in [0.2, 0.25) is 0 Å². The lowest BCUT2D eigenvalue weighted by Gasteiger charge is -1.94. The summed E-state index contributed by atoms with van der Waals surface area (Å²) < 4.78 is 0. The number of benzene rings is 1. The predicted molar refractivity (Wildman–Crippen MR) is 62.5 cm³/mol. The van der Waals surface area contributed by atoms with E-state index in [-0.39, 0.29) is 0 Å². The standard InChI is InChI=1S/C11H8ClNS/c12-11-4-2-1-3-9(11)5-6-10-7-14-8-13-10/h1-8H/b6-5-. The molecule has 0 aliphatic carbocycles. The molecule has 0 amide bonds. The third kappa shape index (κ3) is 2.22. The Hall–Kier alpha value is -1.12. The van der Waals surface area contributed by atoms with E-state index in [0.29, 0.717) is 0 Å². The first kappa shape index (κ1) is 9.44. The average Bonchev–Trinajstić information content (AvgIpc) is 2.69. The lowest BCUT2D eigenvalue weighted by Crippen LogP contribution is -1.73. The van der Waals surface area contributed by atoms with Crippen molar-refractivity contribution in [3.63, 3.8) is 0 Å². The van der Waals surface area contributed by atoms with Gasteiger partial charge < -0.3 is 0 Å². The van der Waals surface area contributed by atoms with Crippen molar-refractivity contribution >= 4 is 35.1 Å². The van der Waals surface area contributed by atoms with Gasteiger partial charge in [-0.3, -0.25) is 0 Å². The van der Waals surface area contributed by atoms with Crippen LogP contribution in [0.4, 0.5) is 0 Å². The zero-order chi connectivity index (χ0) is 9.80. The van der Waals surface area contributed by atoms with Crippen molar-refractivity contribution in [1.29, 1.82) is 0 Å². The summed E-state index contributed by atoms with van der Waals surface area (Å²) in [7, 11) is 0. The fourth-order valence-corrected chi connectivity index (χ4v) is 1.81. The summed E-state index contributed by atoms with van der Waals surface area (Å²) in [5.74, 6) is 0. The molecule has 0 atom stereocenters. The summed E-state index contributed by atoms with van der Waals surface area (Å²) in [6.45, 7) is 0. The van der Waals surface area contributed by atoms with E-state index in [0.717, 1.165) is 16.3 Å². The summed E-state index contributed by atoms with van der Waals surface area (Å²) in [6, 6.07) is 7.74. The van der Waals surface area contributed by atoms with E-state index in [2.05, 4.69) is 4.98 Å². The largest absolute Gasteiger partial charge is 0.245 e. The van der Waals surface area contributed by atoms with Gasteiger partial charge in [-0.25, -0.2) is 4.98 Å². The van der Waals surface area contributed by atoms with Crippen LogP contribution in [0, 0.1) is 0 Å². The summed E-state index contributed by atoms with van der Waals surface area (Å²) >= 11 is 7.58. The fraction of sp³-hybridized carbons (Fsp3) is 0. The van der Waals surface area contributed by atoms with Gasteiger partial charge >= 0.3 is 0 Å². The molecular formula is C11H8ClNS. The van der Waals surface area contributed by atoms with Crippen molar-refractivity contribution < 1.29 is 0 Å². The average molecular weight is 222 g/mol. The number of nitrogens with zero attached hydrogens (tertiary/aromatic N) is 1. The smallest absolute Gasteiger partial charge is 0.0798 e. The van der Waals surface area contributed by atoms with Crippen molar-refractivity contribution in [2.24, 2.45) is 0 Å². The van der Waals surface area contributed by atoms with Gasteiger partial charge in [0.25, 0.3) is 0 Å². The highest BCUT2D eigenvalue weighted by Gasteiger charge is 1.93. The van der Waals surface area contributed by atoms with Crippen molar-refractivity contribution in [3.8, 4) is 0 Å². The molecule has 0 radical (unpaired) electrons. The van der Waals surface area contributed by atoms with Gasteiger partial charge in [-0.05, 0) is 17.7 Å². The van der Waals surface area contributed by atoms with Gasteiger partial charge in [0, 0.05) is 10.4 Å². The Kier molecular flexibility index (Phi) is 2.96. The number of hydrogen-bond donors (Lipinski definition) is 0. The molecule has 70 valence electrons.